The number of nitrogens with zero attached hydrogens (tertiary/aromatic N) is 2. The zero-order chi connectivity index (χ0) is 14.0. The van der Waals surface area contributed by atoms with Gasteiger partial charge in [0, 0.05) is 6.42 Å². The number of carboxylic acids is 1. The number of aromatic nitrogens is 2. The second-order valence-electron chi connectivity index (χ2n) is 4.02. The second-order valence-corrected chi connectivity index (χ2v) is 4.02. The molecule has 6 nitrogen and oxygen atoms in total. The number of ether oxygens (including phenoxy) is 1. The molecule has 6 heteroatoms. The molecule has 0 radical (unpaired) electrons. The molecule has 0 aliphatic carbocycles. The fourth-order valence-electron chi connectivity index (χ4n) is 2.01. The lowest BCUT2D eigenvalue weighted by Crippen LogP contribution is -2.13. The maximum absolute atomic E-state index is 11.4. The number of benzene rings is 1. The maximum atomic E-state index is 11.4. The van der Waals surface area contributed by atoms with Crippen LogP contribution < -0.4 is 0 Å². The van der Waals surface area contributed by atoms with Crippen molar-refractivity contribution < 1.29 is 19.4 Å². The normalized spacial score (nSPS) is 10.6. The van der Waals surface area contributed by atoms with Crippen molar-refractivity contribution in [2.45, 2.75) is 19.9 Å². The zero-order valence-electron chi connectivity index (χ0n) is 10.7. The molecule has 100 valence electrons. The number of aryl methyl sites for hydroxylation is 1. The Balaban J connectivity index is 2.65. The minimum atomic E-state index is -1.03. The van der Waals surface area contributed by atoms with Gasteiger partial charge in [0.1, 0.15) is 17.9 Å². The molecule has 0 bridgehead atoms. The Bertz CT molecular complexity index is 645. The Hall–Kier alpha value is -2.37. The molecule has 19 heavy (non-hydrogen) atoms. The third-order valence-electron chi connectivity index (χ3n) is 2.92. The highest BCUT2D eigenvalue weighted by Crippen LogP contribution is 2.21. The summed E-state index contributed by atoms with van der Waals surface area (Å²) in [4.78, 5) is 26.9. The number of methoxy groups -OCH3 is 1. The number of carboxylic acid groups (broad SMARTS) is 1. The van der Waals surface area contributed by atoms with Gasteiger partial charge in [-0.1, -0.05) is 13.0 Å². The van der Waals surface area contributed by atoms with Crippen LogP contribution in [0.3, 0.4) is 0 Å². The van der Waals surface area contributed by atoms with Crippen LogP contribution in [0.2, 0.25) is 0 Å². The fraction of sp³-hybridized carbons (Fsp3) is 0.308. The van der Waals surface area contributed by atoms with Gasteiger partial charge in [0.25, 0.3) is 0 Å². The number of carbonyl (C=O) groups excluding carboxylic acids is 1. The van der Waals surface area contributed by atoms with Gasteiger partial charge in [-0.3, -0.25) is 4.79 Å². The standard InChI is InChI=1S/C13H14N2O4/c1-3-10-14-12-8(13(17)18)5-4-6-9(12)15(10)7-11(16)19-2/h4-6H,3,7H2,1-2H3,(H,17,18). The predicted octanol–water partition coefficient (Wildman–Crippen LogP) is 1.47. The van der Waals surface area contributed by atoms with Crippen LogP contribution >= 0.6 is 0 Å². The summed E-state index contributed by atoms with van der Waals surface area (Å²) in [5.74, 6) is -0.764. The quantitative estimate of drug-likeness (QED) is 0.844. The van der Waals surface area contributed by atoms with Crippen LogP contribution in [0.5, 0.6) is 0 Å². The van der Waals surface area contributed by atoms with Crippen LogP contribution in [0, 0.1) is 0 Å². The number of aromatic carboxylic acids is 1. The molecule has 0 fully saturated rings. The van der Waals surface area contributed by atoms with Crippen molar-refractivity contribution in [1.29, 1.82) is 0 Å². The third-order valence-corrected chi connectivity index (χ3v) is 2.92. The first kappa shape index (κ1) is 13.1. The van der Waals surface area contributed by atoms with Gasteiger partial charge in [-0.25, -0.2) is 9.78 Å². The molecule has 0 aliphatic heterocycles. The monoisotopic (exact) mass is 262 g/mol. The largest absolute Gasteiger partial charge is 0.478 e. The molecule has 2 aromatic rings. The molecule has 0 atom stereocenters. The zero-order valence-corrected chi connectivity index (χ0v) is 10.7. The average Bonchev–Trinajstić information content (AvgIpc) is 2.76. The Kier molecular flexibility index (Phi) is 3.50. The number of hydrogen-bond donors (Lipinski definition) is 1. The summed E-state index contributed by atoms with van der Waals surface area (Å²) in [5, 5.41) is 9.14. The first-order valence-electron chi connectivity index (χ1n) is 5.86. The molecule has 0 amide bonds. The Morgan fingerprint density at radius 2 is 2.16 bits per heavy atom. The third kappa shape index (κ3) is 2.29. The van der Waals surface area contributed by atoms with E-state index in [1.807, 2.05) is 6.92 Å². The average molecular weight is 262 g/mol. The van der Waals surface area contributed by atoms with Crippen molar-refractivity contribution in [1.82, 2.24) is 9.55 Å². The summed E-state index contributed by atoms with van der Waals surface area (Å²) < 4.78 is 6.33. The van der Waals surface area contributed by atoms with Crippen molar-refractivity contribution in [3.63, 3.8) is 0 Å². The smallest absolute Gasteiger partial charge is 0.337 e. The predicted molar refractivity (Wildman–Crippen MR) is 68.1 cm³/mol. The van der Waals surface area contributed by atoms with Gasteiger partial charge in [0.15, 0.2) is 0 Å². The van der Waals surface area contributed by atoms with Gasteiger partial charge in [-0.05, 0) is 12.1 Å². The number of hydrogen-bond acceptors (Lipinski definition) is 4. The summed E-state index contributed by atoms with van der Waals surface area (Å²) in [5.41, 5.74) is 1.16. The summed E-state index contributed by atoms with van der Waals surface area (Å²) >= 11 is 0. The Morgan fingerprint density at radius 3 is 2.74 bits per heavy atom. The summed E-state index contributed by atoms with van der Waals surface area (Å²) in [7, 11) is 1.32. The SMILES string of the molecule is CCc1nc2c(C(=O)O)cccc2n1CC(=O)OC. The molecule has 0 aliphatic rings. The van der Waals surface area contributed by atoms with Crippen LogP contribution in [0.4, 0.5) is 0 Å². The lowest BCUT2D eigenvalue weighted by molar-refractivity contribution is -0.141. The molecule has 0 spiro atoms. The first-order valence-corrected chi connectivity index (χ1v) is 5.86. The van der Waals surface area contributed by atoms with Crippen molar-refractivity contribution in [2.24, 2.45) is 0 Å². The topological polar surface area (TPSA) is 81.4 Å². The van der Waals surface area contributed by atoms with E-state index in [0.717, 1.165) is 0 Å². The molecule has 0 saturated carbocycles. The maximum Gasteiger partial charge on any atom is 0.337 e. The number of para-hydroxylation sites is 1. The van der Waals surface area contributed by atoms with E-state index < -0.39 is 11.9 Å². The lowest BCUT2D eigenvalue weighted by atomic mass is 10.2. The highest BCUT2D eigenvalue weighted by Gasteiger charge is 2.17. The molecular weight excluding hydrogens is 248 g/mol. The van der Waals surface area contributed by atoms with E-state index in [1.54, 1.807) is 16.7 Å². The van der Waals surface area contributed by atoms with Gasteiger partial charge < -0.3 is 14.4 Å². The van der Waals surface area contributed by atoms with Crippen molar-refractivity contribution in [3.05, 3.63) is 29.6 Å². The molecular formula is C13H14N2O4. The fourth-order valence-corrected chi connectivity index (χ4v) is 2.01. The van der Waals surface area contributed by atoms with Crippen LogP contribution in [-0.4, -0.2) is 33.7 Å². The van der Waals surface area contributed by atoms with E-state index in [2.05, 4.69) is 9.72 Å². The highest BCUT2D eigenvalue weighted by molar-refractivity contribution is 6.01. The lowest BCUT2D eigenvalue weighted by Gasteiger charge is -2.06. The van der Waals surface area contributed by atoms with Crippen LogP contribution in [0.1, 0.15) is 23.1 Å². The van der Waals surface area contributed by atoms with Crippen LogP contribution in [0.25, 0.3) is 11.0 Å². The minimum absolute atomic E-state index is 0.0270. The molecule has 1 N–H and O–H groups in total. The van der Waals surface area contributed by atoms with E-state index in [0.29, 0.717) is 23.3 Å². The number of rotatable bonds is 4. The Labute approximate surface area is 109 Å². The molecule has 1 aromatic heterocycles. The van der Waals surface area contributed by atoms with Gasteiger partial charge in [0.2, 0.25) is 0 Å². The van der Waals surface area contributed by atoms with Crippen molar-refractivity contribution in [2.75, 3.05) is 7.11 Å². The minimum Gasteiger partial charge on any atom is -0.478 e. The number of imidazole rings is 1. The Morgan fingerprint density at radius 1 is 1.42 bits per heavy atom. The number of carbonyl (C=O) groups is 2. The first-order chi connectivity index (χ1) is 9.08. The molecule has 1 heterocycles. The van der Waals surface area contributed by atoms with Gasteiger partial charge in [0.05, 0.1) is 18.2 Å². The van der Waals surface area contributed by atoms with Crippen LogP contribution in [0.15, 0.2) is 18.2 Å². The highest BCUT2D eigenvalue weighted by atomic mass is 16.5. The molecule has 0 unspecified atom stereocenters. The van der Waals surface area contributed by atoms with Gasteiger partial charge in [-0.15, -0.1) is 0 Å². The summed E-state index contributed by atoms with van der Waals surface area (Å²) in [6.07, 6.45) is 0.602. The van der Waals surface area contributed by atoms with E-state index in [4.69, 9.17) is 5.11 Å². The van der Waals surface area contributed by atoms with Crippen molar-refractivity contribution >= 4 is 23.0 Å². The molecule has 0 saturated heterocycles. The number of fused-ring (bicyclic) bond motifs is 1. The van der Waals surface area contributed by atoms with E-state index in [1.165, 1.54) is 13.2 Å². The summed E-state index contributed by atoms with van der Waals surface area (Å²) in [6.45, 7) is 1.93. The van der Waals surface area contributed by atoms with E-state index >= 15 is 0 Å². The van der Waals surface area contributed by atoms with Gasteiger partial charge >= 0.3 is 11.9 Å². The second kappa shape index (κ2) is 5.09. The van der Waals surface area contributed by atoms with Gasteiger partial charge in [-0.2, -0.15) is 0 Å². The molecule has 1 aromatic carbocycles. The number of esters is 1. The van der Waals surface area contributed by atoms with E-state index in [9.17, 15) is 9.59 Å². The van der Waals surface area contributed by atoms with Crippen LogP contribution in [-0.2, 0) is 22.5 Å². The summed E-state index contributed by atoms with van der Waals surface area (Å²) in [6, 6.07) is 4.89. The molecule has 2 rings (SSSR count). The van der Waals surface area contributed by atoms with E-state index in [-0.39, 0.29) is 12.1 Å². The van der Waals surface area contributed by atoms with Crippen molar-refractivity contribution in [3.8, 4) is 0 Å².